The van der Waals surface area contributed by atoms with E-state index in [1.165, 1.54) is 6.07 Å². The van der Waals surface area contributed by atoms with E-state index in [-0.39, 0.29) is 11.9 Å². The minimum absolute atomic E-state index is 0.285. The van der Waals surface area contributed by atoms with Crippen LogP contribution >= 0.6 is 23.5 Å². The van der Waals surface area contributed by atoms with Crippen LogP contribution in [0.25, 0.3) is 33.4 Å². The van der Waals surface area contributed by atoms with Crippen LogP contribution in [0.3, 0.4) is 0 Å². The molecule has 1 aromatic carbocycles. The third-order valence-corrected chi connectivity index (χ3v) is 7.25. The van der Waals surface area contributed by atoms with Gasteiger partial charge in [-0.2, -0.15) is 0 Å². The first-order chi connectivity index (χ1) is 16.6. The quantitative estimate of drug-likeness (QED) is 0.279. The predicted octanol–water partition coefficient (Wildman–Crippen LogP) is 7.03. The Bertz CT molecular complexity index is 1360. The number of nitrogens with zero attached hydrogens (tertiary/aromatic N) is 3. The van der Waals surface area contributed by atoms with Gasteiger partial charge in [-0.25, -0.2) is 8.70 Å². The first-order valence-corrected chi connectivity index (χ1v) is 12.3. The molecule has 0 spiro atoms. The summed E-state index contributed by atoms with van der Waals surface area (Å²) in [6.07, 6.45) is 7.34. The molecule has 4 aromatic rings. The Kier molecular flexibility index (Phi) is 6.59. The molecule has 8 heteroatoms. The highest BCUT2D eigenvalue weighted by Gasteiger charge is 2.26. The number of nitrogens with one attached hydrogen (secondary N) is 1. The van der Waals surface area contributed by atoms with Crippen molar-refractivity contribution >= 4 is 34.6 Å². The molecule has 0 aliphatic carbocycles. The van der Waals surface area contributed by atoms with Crippen molar-refractivity contribution in [3.63, 3.8) is 0 Å². The van der Waals surface area contributed by atoms with Gasteiger partial charge in [-0.05, 0) is 61.1 Å². The second-order valence-electron chi connectivity index (χ2n) is 8.24. The van der Waals surface area contributed by atoms with Crippen molar-refractivity contribution in [1.29, 1.82) is 0 Å². The first kappa shape index (κ1) is 22.9. The molecule has 1 saturated heterocycles. The average molecular weight is 495 g/mol. The summed E-state index contributed by atoms with van der Waals surface area (Å²) in [6.45, 7) is 7.36. The largest absolute Gasteiger partial charge is 0.490 e. The van der Waals surface area contributed by atoms with Crippen LogP contribution in [0.15, 0.2) is 60.9 Å². The van der Waals surface area contributed by atoms with Crippen LogP contribution in [0, 0.1) is 12.7 Å². The van der Waals surface area contributed by atoms with Gasteiger partial charge in [0.15, 0.2) is 0 Å². The SMILES string of the molecule is C=CSN1CCCC1COc1cnccc1-c1[nH]c2c(C)ccnc2c1-c1cc(Cl)ccc1F. The van der Waals surface area contributed by atoms with Crippen LogP contribution in [0.2, 0.25) is 5.02 Å². The van der Waals surface area contributed by atoms with Gasteiger partial charge >= 0.3 is 0 Å². The normalized spacial score (nSPS) is 16.3. The zero-order valence-electron chi connectivity index (χ0n) is 18.7. The van der Waals surface area contributed by atoms with Gasteiger partial charge in [0.1, 0.15) is 18.2 Å². The smallest absolute Gasteiger partial charge is 0.146 e. The Morgan fingerprint density at radius 1 is 1.29 bits per heavy atom. The van der Waals surface area contributed by atoms with E-state index in [1.807, 2.05) is 24.5 Å². The molecular weight excluding hydrogens is 471 g/mol. The highest BCUT2D eigenvalue weighted by Crippen LogP contribution is 2.43. The number of halogens is 2. The van der Waals surface area contributed by atoms with Gasteiger partial charge < -0.3 is 9.72 Å². The molecule has 1 N–H and O–H groups in total. The number of H-pyrrole nitrogens is 1. The Morgan fingerprint density at radius 2 is 2.18 bits per heavy atom. The van der Waals surface area contributed by atoms with Crippen molar-refractivity contribution in [3.8, 4) is 28.1 Å². The molecule has 4 heterocycles. The summed E-state index contributed by atoms with van der Waals surface area (Å²) < 4.78 is 23.7. The van der Waals surface area contributed by atoms with Crippen LogP contribution in [-0.4, -0.2) is 38.5 Å². The molecule has 1 fully saturated rings. The minimum atomic E-state index is -0.366. The molecular formula is C26H24ClFN4OS. The van der Waals surface area contributed by atoms with E-state index in [9.17, 15) is 0 Å². The van der Waals surface area contributed by atoms with Crippen LogP contribution < -0.4 is 4.74 Å². The van der Waals surface area contributed by atoms with Gasteiger partial charge in [0.25, 0.3) is 0 Å². The van der Waals surface area contributed by atoms with Crippen molar-refractivity contribution < 1.29 is 9.13 Å². The second kappa shape index (κ2) is 9.78. The van der Waals surface area contributed by atoms with Crippen molar-refractivity contribution in [1.82, 2.24) is 19.3 Å². The highest BCUT2D eigenvalue weighted by molar-refractivity contribution is 7.99. The summed E-state index contributed by atoms with van der Waals surface area (Å²) in [4.78, 5) is 12.4. The third-order valence-electron chi connectivity index (χ3n) is 6.11. The van der Waals surface area contributed by atoms with E-state index in [1.54, 1.807) is 42.7 Å². The number of pyridine rings is 2. The van der Waals surface area contributed by atoms with E-state index in [0.29, 0.717) is 34.0 Å². The monoisotopic (exact) mass is 494 g/mol. The average Bonchev–Trinajstić information content (AvgIpc) is 3.45. The maximum absolute atomic E-state index is 15.1. The molecule has 34 heavy (non-hydrogen) atoms. The number of ether oxygens (including phenoxy) is 1. The molecule has 3 aromatic heterocycles. The van der Waals surface area contributed by atoms with E-state index in [2.05, 4.69) is 25.8 Å². The first-order valence-electron chi connectivity index (χ1n) is 11.1. The van der Waals surface area contributed by atoms with Crippen molar-refractivity contribution in [2.75, 3.05) is 13.2 Å². The van der Waals surface area contributed by atoms with E-state index in [0.717, 1.165) is 41.7 Å². The number of aromatic nitrogens is 3. The van der Waals surface area contributed by atoms with Gasteiger partial charge in [0.2, 0.25) is 0 Å². The van der Waals surface area contributed by atoms with Crippen molar-refractivity contribution in [3.05, 3.63) is 77.3 Å². The number of benzene rings is 1. The predicted molar refractivity (Wildman–Crippen MR) is 137 cm³/mol. The van der Waals surface area contributed by atoms with Crippen molar-refractivity contribution in [2.45, 2.75) is 25.8 Å². The maximum Gasteiger partial charge on any atom is 0.146 e. The number of fused-ring (bicyclic) bond motifs is 1. The third kappa shape index (κ3) is 4.31. The number of aromatic amines is 1. The molecule has 5 nitrogen and oxygen atoms in total. The van der Waals surface area contributed by atoms with Crippen LogP contribution in [-0.2, 0) is 0 Å². The summed E-state index contributed by atoms with van der Waals surface area (Å²) >= 11 is 7.88. The highest BCUT2D eigenvalue weighted by atomic mass is 35.5. The Labute approximate surface area is 207 Å². The molecule has 5 rings (SSSR count). The van der Waals surface area contributed by atoms with Crippen LogP contribution in [0.4, 0.5) is 4.39 Å². The second-order valence-corrected chi connectivity index (χ2v) is 9.69. The molecule has 1 aliphatic rings. The van der Waals surface area contributed by atoms with Gasteiger partial charge in [-0.15, -0.1) is 0 Å². The lowest BCUT2D eigenvalue weighted by atomic mass is 9.99. The number of hydrogen-bond donors (Lipinski definition) is 1. The lowest BCUT2D eigenvalue weighted by Gasteiger charge is -2.22. The van der Waals surface area contributed by atoms with E-state index < -0.39 is 0 Å². The zero-order valence-corrected chi connectivity index (χ0v) is 20.3. The van der Waals surface area contributed by atoms with Crippen LogP contribution in [0.1, 0.15) is 18.4 Å². The fourth-order valence-electron chi connectivity index (χ4n) is 4.46. The molecule has 1 unspecified atom stereocenters. The molecule has 1 atom stereocenters. The molecule has 0 amide bonds. The lowest BCUT2D eigenvalue weighted by Crippen LogP contribution is -2.28. The van der Waals surface area contributed by atoms with Gasteiger partial charge in [0, 0.05) is 40.7 Å². The van der Waals surface area contributed by atoms with Gasteiger partial charge in [-0.1, -0.05) is 30.1 Å². The summed E-state index contributed by atoms with van der Waals surface area (Å²) in [5, 5.41) is 2.30. The molecule has 0 radical (unpaired) electrons. The van der Waals surface area contributed by atoms with E-state index in [4.69, 9.17) is 16.3 Å². The van der Waals surface area contributed by atoms with Gasteiger partial charge in [-0.3, -0.25) is 9.97 Å². The Balaban J connectivity index is 1.61. The van der Waals surface area contributed by atoms with Crippen molar-refractivity contribution in [2.24, 2.45) is 0 Å². The summed E-state index contributed by atoms with van der Waals surface area (Å²) in [6, 6.07) is 8.66. The summed E-state index contributed by atoms with van der Waals surface area (Å²) in [5.74, 6) is 0.264. The minimum Gasteiger partial charge on any atom is -0.490 e. The molecule has 0 bridgehead atoms. The van der Waals surface area contributed by atoms with E-state index >= 15 is 4.39 Å². The van der Waals surface area contributed by atoms with Crippen LogP contribution in [0.5, 0.6) is 5.75 Å². The zero-order chi connectivity index (χ0) is 23.7. The Hall–Kier alpha value is -2.87. The Morgan fingerprint density at radius 3 is 3.03 bits per heavy atom. The number of aryl methyl sites for hydroxylation is 1. The molecule has 174 valence electrons. The molecule has 0 saturated carbocycles. The fraction of sp³-hybridized carbons (Fsp3) is 0.231. The summed E-state index contributed by atoms with van der Waals surface area (Å²) in [7, 11) is 0. The number of hydrogen-bond acceptors (Lipinski definition) is 5. The lowest BCUT2D eigenvalue weighted by molar-refractivity contribution is 0.241. The standard InChI is InChI=1S/C26H24ClFN4OS/c1-3-34-32-12-4-5-18(32)15-33-22-14-29-10-9-19(22)25-23(20-13-17(27)6-7-21(20)28)26-24(31-25)16(2)8-11-30-26/h3,6-11,13-14,18,31H,1,4-5,12,15H2,2H3. The molecule has 1 aliphatic heterocycles. The fourth-order valence-corrected chi connectivity index (χ4v) is 5.40. The van der Waals surface area contributed by atoms with Gasteiger partial charge in [0.05, 0.1) is 29.0 Å². The summed E-state index contributed by atoms with van der Waals surface area (Å²) in [5.41, 5.74) is 5.10. The topological polar surface area (TPSA) is 54.0 Å². The maximum atomic E-state index is 15.1. The number of rotatable bonds is 7.